The molecular weight excluding hydrogens is 377 g/mol. The van der Waals surface area contributed by atoms with Gasteiger partial charge in [0, 0.05) is 37.4 Å². The van der Waals surface area contributed by atoms with E-state index in [1.165, 1.54) is 6.07 Å². The third-order valence-corrected chi connectivity index (χ3v) is 4.29. The van der Waals surface area contributed by atoms with E-state index >= 15 is 0 Å². The molecule has 3 aromatic rings. The van der Waals surface area contributed by atoms with Gasteiger partial charge < -0.3 is 19.4 Å². The molecule has 0 aliphatic carbocycles. The Morgan fingerprint density at radius 3 is 2.88 bits per heavy atom. The average Bonchev–Trinajstić information content (AvgIpc) is 3.04. The number of hydrogen-bond donors (Lipinski definition) is 1. The SMILES string of the molecule is Fc1cc(Nc2nc(Br)cn3ccnc23)ccc1N1CCOCC1. The molecule has 6 nitrogen and oxygen atoms in total. The lowest BCUT2D eigenvalue weighted by Gasteiger charge is -2.29. The van der Waals surface area contributed by atoms with Crippen LogP contribution in [0.5, 0.6) is 0 Å². The first-order valence-corrected chi connectivity index (χ1v) is 8.38. The molecule has 1 saturated heterocycles. The highest BCUT2D eigenvalue weighted by atomic mass is 79.9. The highest BCUT2D eigenvalue weighted by molar-refractivity contribution is 9.10. The summed E-state index contributed by atoms with van der Waals surface area (Å²) in [6.45, 7) is 2.65. The van der Waals surface area contributed by atoms with E-state index in [4.69, 9.17) is 4.74 Å². The number of fused-ring (bicyclic) bond motifs is 1. The van der Waals surface area contributed by atoms with Gasteiger partial charge in [0.2, 0.25) is 0 Å². The first-order valence-electron chi connectivity index (χ1n) is 7.59. The van der Waals surface area contributed by atoms with Crippen LogP contribution in [0.4, 0.5) is 21.6 Å². The molecule has 124 valence electrons. The van der Waals surface area contributed by atoms with Gasteiger partial charge in [0.1, 0.15) is 10.4 Å². The van der Waals surface area contributed by atoms with Gasteiger partial charge in [-0.1, -0.05) is 0 Å². The van der Waals surface area contributed by atoms with Crippen LogP contribution < -0.4 is 10.2 Å². The molecule has 1 aliphatic heterocycles. The standard InChI is InChI=1S/C16H15BrFN5O/c17-14-10-23-4-3-19-16(23)15(21-14)20-11-1-2-13(12(18)9-11)22-5-7-24-8-6-22/h1-4,9-10H,5-8H2,(H,20,21). The molecule has 0 amide bonds. The number of nitrogens with zero attached hydrogens (tertiary/aromatic N) is 4. The molecule has 0 atom stereocenters. The highest BCUT2D eigenvalue weighted by Gasteiger charge is 2.16. The Morgan fingerprint density at radius 2 is 2.08 bits per heavy atom. The molecule has 0 radical (unpaired) electrons. The summed E-state index contributed by atoms with van der Waals surface area (Å²) < 4.78 is 22.3. The average molecular weight is 392 g/mol. The van der Waals surface area contributed by atoms with Crippen molar-refractivity contribution in [3.8, 4) is 0 Å². The maximum absolute atomic E-state index is 14.5. The number of imidazole rings is 1. The summed E-state index contributed by atoms with van der Waals surface area (Å²) in [4.78, 5) is 10.6. The molecule has 8 heteroatoms. The molecule has 3 heterocycles. The van der Waals surface area contributed by atoms with E-state index in [1.54, 1.807) is 12.3 Å². The summed E-state index contributed by atoms with van der Waals surface area (Å²) in [5.41, 5.74) is 1.90. The number of benzene rings is 1. The smallest absolute Gasteiger partial charge is 0.180 e. The van der Waals surface area contributed by atoms with Crippen LogP contribution in [0.25, 0.3) is 5.65 Å². The minimum atomic E-state index is -0.267. The van der Waals surface area contributed by atoms with Gasteiger partial charge >= 0.3 is 0 Å². The van der Waals surface area contributed by atoms with Crippen molar-refractivity contribution in [1.82, 2.24) is 14.4 Å². The lowest BCUT2D eigenvalue weighted by atomic mass is 10.2. The summed E-state index contributed by atoms with van der Waals surface area (Å²) in [5, 5.41) is 3.14. The van der Waals surface area contributed by atoms with Crippen LogP contribution in [0, 0.1) is 5.82 Å². The number of rotatable bonds is 3. The van der Waals surface area contributed by atoms with Gasteiger partial charge in [-0.15, -0.1) is 0 Å². The van der Waals surface area contributed by atoms with Gasteiger partial charge in [-0.2, -0.15) is 0 Å². The second-order valence-electron chi connectivity index (χ2n) is 5.46. The third-order valence-electron chi connectivity index (χ3n) is 3.91. The Morgan fingerprint density at radius 1 is 1.25 bits per heavy atom. The molecule has 2 aromatic heterocycles. The lowest BCUT2D eigenvalue weighted by Crippen LogP contribution is -2.36. The van der Waals surface area contributed by atoms with Crippen LogP contribution in [0.3, 0.4) is 0 Å². The van der Waals surface area contributed by atoms with E-state index in [-0.39, 0.29) is 5.82 Å². The van der Waals surface area contributed by atoms with Crippen LogP contribution in [0.1, 0.15) is 0 Å². The van der Waals surface area contributed by atoms with Gasteiger partial charge in [0.05, 0.1) is 18.9 Å². The first-order chi connectivity index (χ1) is 11.7. The number of hydrogen-bond acceptors (Lipinski definition) is 5. The van der Waals surface area contributed by atoms with E-state index in [2.05, 4.69) is 31.2 Å². The predicted octanol–water partition coefficient (Wildman–Crippen LogP) is 3.21. The number of anilines is 3. The minimum absolute atomic E-state index is 0.267. The summed E-state index contributed by atoms with van der Waals surface area (Å²) in [5.74, 6) is 0.296. The summed E-state index contributed by atoms with van der Waals surface area (Å²) in [6, 6.07) is 5.10. The quantitative estimate of drug-likeness (QED) is 0.742. The van der Waals surface area contributed by atoms with E-state index in [0.29, 0.717) is 53.7 Å². The number of aromatic nitrogens is 3. The largest absolute Gasteiger partial charge is 0.378 e. The fourth-order valence-electron chi connectivity index (χ4n) is 2.77. The van der Waals surface area contributed by atoms with Crippen molar-refractivity contribution >= 4 is 38.8 Å². The maximum Gasteiger partial charge on any atom is 0.180 e. The van der Waals surface area contributed by atoms with Crippen molar-refractivity contribution in [1.29, 1.82) is 0 Å². The zero-order valence-corrected chi connectivity index (χ0v) is 14.3. The fraction of sp³-hybridized carbons (Fsp3) is 0.250. The summed E-state index contributed by atoms with van der Waals surface area (Å²) >= 11 is 3.37. The molecule has 1 fully saturated rings. The van der Waals surface area contributed by atoms with Gasteiger partial charge in [-0.05, 0) is 34.1 Å². The molecule has 0 spiro atoms. The Labute approximate surface area is 146 Å². The van der Waals surface area contributed by atoms with Crippen LogP contribution in [0.15, 0.2) is 41.4 Å². The minimum Gasteiger partial charge on any atom is -0.378 e. The molecule has 0 bridgehead atoms. The van der Waals surface area contributed by atoms with E-state index in [9.17, 15) is 4.39 Å². The number of halogens is 2. The highest BCUT2D eigenvalue weighted by Crippen LogP contribution is 2.27. The predicted molar refractivity (Wildman–Crippen MR) is 93.4 cm³/mol. The van der Waals surface area contributed by atoms with Crippen LogP contribution >= 0.6 is 15.9 Å². The van der Waals surface area contributed by atoms with Gasteiger partial charge in [-0.25, -0.2) is 14.4 Å². The Balaban J connectivity index is 1.62. The van der Waals surface area contributed by atoms with Gasteiger partial charge in [0.15, 0.2) is 11.5 Å². The molecule has 0 unspecified atom stereocenters. The van der Waals surface area contributed by atoms with Crippen molar-refractivity contribution in [3.05, 3.63) is 47.2 Å². The van der Waals surface area contributed by atoms with Crippen LogP contribution in [0.2, 0.25) is 0 Å². The van der Waals surface area contributed by atoms with Gasteiger partial charge in [0.25, 0.3) is 0 Å². The molecule has 1 aromatic carbocycles. The first kappa shape index (κ1) is 15.3. The summed E-state index contributed by atoms with van der Waals surface area (Å²) in [7, 11) is 0. The normalized spacial score (nSPS) is 15.0. The van der Waals surface area contributed by atoms with Crippen molar-refractivity contribution < 1.29 is 9.13 Å². The Hall–Kier alpha value is -2.19. The number of nitrogens with one attached hydrogen (secondary N) is 1. The topological polar surface area (TPSA) is 54.7 Å². The monoisotopic (exact) mass is 391 g/mol. The molecule has 24 heavy (non-hydrogen) atoms. The maximum atomic E-state index is 14.5. The Bertz CT molecular complexity index is 878. The molecule has 0 saturated carbocycles. The number of morpholine rings is 1. The van der Waals surface area contributed by atoms with Gasteiger partial charge in [-0.3, -0.25) is 0 Å². The van der Waals surface area contributed by atoms with E-state index in [1.807, 2.05) is 27.8 Å². The second kappa shape index (κ2) is 6.37. The molecule has 4 rings (SSSR count). The zero-order valence-electron chi connectivity index (χ0n) is 12.7. The van der Waals surface area contributed by atoms with Crippen molar-refractivity contribution in [2.75, 3.05) is 36.5 Å². The Kier molecular flexibility index (Phi) is 4.07. The molecule has 1 aliphatic rings. The van der Waals surface area contributed by atoms with Crippen molar-refractivity contribution in [2.24, 2.45) is 0 Å². The van der Waals surface area contributed by atoms with Crippen molar-refractivity contribution in [3.63, 3.8) is 0 Å². The second-order valence-corrected chi connectivity index (χ2v) is 6.27. The zero-order chi connectivity index (χ0) is 16.5. The van der Waals surface area contributed by atoms with E-state index < -0.39 is 0 Å². The molecule has 1 N–H and O–H groups in total. The summed E-state index contributed by atoms with van der Waals surface area (Å²) in [6.07, 6.45) is 5.33. The lowest BCUT2D eigenvalue weighted by molar-refractivity contribution is 0.122. The van der Waals surface area contributed by atoms with Crippen molar-refractivity contribution in [2.45, 2.75) is 0 Å². The van der Waals surface area contributed by atoms with Crippen LogP contribution in [-0.2, 0) is 4.74 Å². The number of ether oxygens (including phenoxy) is 1. The fourth-order valence-corrected chi connectivity index (χ4v) is 3.16. The third kappa shape index (κ3) is 2.94. The van der Waals surface area contributed by atoms with Crippen LogP contribution in [-0.4, -0.2) is 40.7 Å². The van der Waals surface area contributed by atoms with E-state index in [0.717, 1.165) is 0 Å². The molecular formula is C16H15BrFN5O.